The number of esters is 3. The lowest BCUT2D eigenvalue weighted by atomic mass is 9.86. The second-order valence-electron chi connectivity index (χ2n) is 11.1. The van der Waals surface area contributed by atoms with E-state index in [-0.39, 0.29) is 23.8 Å². The van der Waals surface area contributed by atoms with Crippen molar-refractivity contribution >= 4 is 23.9 Å². The number of aliphatic carboxylic acids is 1. The molecule has 9 heteroatoms. The van der Waals surface area contributed by atoms with E-state index in [9.17, 15) is 24.3 Å². The molecule has 0 aromatic heterocycles. The third kappa shape index (κ3) is 8.84. The molecule has 0 aliphatic heterocycles. The Labute approximate surface area is 220 Å². The summed E-state index contributed by atoms with van der Waals surface area (Å²) < 4.78 is 16.7. The van der Waals surface area contributed by atoms with Gasteiger partial charge in [0, 0.05) is 5.92 Å². The van der Waals surface area contributed by atoms with E-state index in [0.717, 1.165) is 0 Å². The fourth-order valence-electron chi connectivity index (χ4n) is 3.09. The van der Waals surface area contributed by atoms with Crippen LogP contribution in [0, 0.1) is 16.7 Å². The SMILES string of the molecule is CCC(C)(C)C(=O)Oc1ccc(C(CC(C)OC(=O)C(C)C)[C@H](N)C(=O)O)cc1OC(=O)C(C)(C)CC. The Morgan fingerprint density at radius 3 is 1.81 bits per heavy atom. The molecule has 9 nitrogen and oxygen atoms in total. The highest BCUT2D eigenvalue weighted by Crippen LogP contribution is 2.37. The smallest absolute Gasteiger partial charge is 0.321 e. The summed E-state index contributed by atoms with van der Waals surface area (Å²) in [6, 6.07) is 3.18. The van der Waals surface area contributed by atoms with E-state index in [4.69, 9.17) is 19.9 Å². The number of rotatable bonds is 13. The summed E-state index contributed by atoms with van der Waals surface area (Å²) in [6.45, 7) is 15.7. The molecule has 1 aromatic carbocycles. The van der Waals surface area contributed by atoms with Crippen molar-refractivity contribution in [2.24, 2.45) is 22.5 Å². The number of hydrogen-bond donors (Lipinski definition) is 2. The normalized spacial score (nSPS) is 14.5. The van der Waals surface area contributed by atoms with Crippen molar-refractivity contribution in [1.82, 2.24) is 0 Å². The average molecular weight is 522 g/mol. The predicted molar refractivity (Wildman–Crippen MR) is 139 cm³/mol. The van der Waals surface area contributed by atoms with Gasteiger partial charge >= 0.3 is 23.9 Å². The third-order valence-electron chi connectivity index (χ3n) is 6.77. The molecule has 1 rings (SSSR count). The zero-order valence-electron chi connectivity index (χ0n) is 23.5. The van der Waals surface area contributed by atoms with E-state index in [1.54, 1.807) is 54.5 Å². The van der Waals surface area contributed by atoms with Gasteiger partial charge in [0.1, 0.15) is 6.04 Å². The number of hydrogen-bond acceptors (Lipinski definition) is 8. The van der Waals surface area contributed by atoms with Crippen molar-refractivity contribution in [1.29, 1.82) is 0 Å². The first-order chi connectivity index (χ1) is 17.0. The van der Waals surface area contributed by atoms with Crippen LogP contribution in [0.2, 0.25) is 0 Å². The number of ether oxygens (including phenoxy) is 3. The van der Waals surface area contributed by atoms with Crippen LogP contribution in [-0.2, 0) is 23.9 Å². The van der Waals surface area contributed by atoms with Gasteiger partial charge in [-0.2, -0.15) is 0 Å². The van der Waals surface area contributed by atoms with E-state index >= 15 is 0 Å². The monoisotopic (exact) mass is 521 g/mol. The molecule has 3 N–H and O–H groups in total. The number of carboxylic acids is 1. The Morgan fingerprint density at radius 1 is 0.892 bits per heavy atom. The minimum absolute atomic E-state index is 0.0151. The van der Waals surface area contributed by atoms with Gasteiger partial charge < -0.3 is 25.1 Å². The van der Waals surface area contributed by atoms with Gasteiger partial charge in [0.05, 0.1) is 22.9 Å². The number of carboxylic acid groups (broad SMARTS) is 1. The molecule has 1 aromatic rings. The Kier molecular flexibility index (Phi) is 11.3. The number of carbonyl (C=O) groups excluding carboxylic acids is 3. The third-order valence-corrected chi connectivity index (χ3v) is 6.77. The molecule has 208 valence electrons. The molecule has 2 unspecified atom stereocenters. The summed E-state index contributed by atoms with van der Waals surface area (Å²) in [5.74, 6) is -3.79. The summed E-state index contributed by atoms with van der Waals surface area (Å²) in [7, 11) is 0. The molecule has 0 radical (unpaired) electrons. The van der Waals surface area contributed by atoms with Gasteiger partial charge in [-0.15, -0.1) is 0 Å². The standard InChI is InChI=1S/C28H43NO8/c1-10-27(6,7)25(33)36-20-13-12-18(15-21(20)37-26(34)28(8,9)11-2)19(22(29)23(30)31)14-17(5)35-24(32)16(3)4/h12-13,15-17,19,22H,10-11,14,29H2,1-9H3,(H,30,31)/t17?,19?,22-/m0/s1. The summed E-state index contributed by atoms with van der Waals surface area (Å²) in [4.78, 5) is 49.5. The highest BCUT2D eigenvalue weighted by molar-refractivity contribution is 5.82. The zero-order valence-corrected chi connectivity index (χ0v) is 23.5. The van der Waals surface area contributed by atoms with E-state index in [0.29, 0.717) is 18.4 Å². The minimum atomic E-state index is -1.33. The number of nitrogens with two attached hydrogens (primary N) is 1. The molecule has 0 spiro atoms. The number of carbonyl (C=O) groups is 4. The van der Waals surface area contributed by atoms with Crippen LogP contribution >= 0.6 is 0 Å². The van der Waals surface area contributed by atoms with Gasteiger partial charge in [0.15, 0.2) is 11.5 Å². The summed E-state index contributed by atoms with van der Waals surface area (Å²) in [5.41, 5.74) is 4.89. The molecule has 0 aliphatic rings. The van der Waals surface area contributed by atoms with Crippen LogP contribution < -0.4 is 15.2 Å². The Morgan fingerprint density at radius 2 is 1.38 bits per heavy atom. The lowest BCUT2D eigenvalue weighted by Gasteiger charge is -2.27. The largest absolute Gasteiger partial charge is 0.480 e. The van der Waals surface area contributed by atoms with Crippen LogP contribution in [0.25, 0.3) is 0 Å². The van der Waals surface area contributed by atoms with Crippen LogP contribution in [0.5, 0.6) is 11.5 Å². The van der Waals surface area contributed by atoms with Crippen molar-refractivity contribution in [2.45, 2.75) is 99.6 Å². The predicted octanol–water partition coefficient (Wildman–Crippen LogP) is 4.84. The summed E-state index contributed by atoms with van der Waals surface area (Å²) in [5, 5.41) is 9.65. The summed E-state index contributed by atoms with van der Waals surface area (Å²) >= 11 is 0. The average Bonchev–Trinajstić information content (AvgIpc) is 2.82. The van der Waals surface area contributed by atoms with Crippen molar-refractivity contribution in [3.8, 4) is 11.5 Å². The van der Waals surface area contributed by atoms with Crippen molar-refractivity contribution in [3.05, 3.63) is 23.8 Å². The van der Waals surface area contributed by atoms with Gasteiger partial charge in [-0.3, -0.25) is 19.2 Å². The Balaban J connectivity index is 3.52. The first-order valence-electron chi connectivity index (χ1n) is 12.7. The molecule has 0 fully saturated rings. The second kappa shape index (κ2) is 13.0. The Bertz CT molecular complexity index is 982. The van der Waals surface area contributed by atoms with Crippen molar-refractivity contribution in [2.75, 3.05) is 0 Å². The fraction of sp³-hybridized carbons (Fsp3) is 0.643. The van der Waals surface area contributed by atoms with Gasteiger partial charge in [-0.25, -0.2) is 0 Å². The molecule has 0 bridgehead atoms. The maximum atomic E-state index is 12.9. The zero-order chi connectivity index (χ0) is 28.7. The molecular formula is C28H43NO8. The maximum Gasteiger partial charge on any atom is 0.321 e. The van der Waals surface area contributed by atoms with Gasteiger partial charge in [0.2, 0.25) is 0 Å². The molecule has 0 saturated heterocycles. The van der Waals surface area contributed by atoms with Crippen LogP contribution in [0.3, 0.4) is 0 Å². The van der Waals surface area contributed by atoms with Crippen LogP contribution in [-0.4, -0.2) is 41.1 Å². The highest BCUT2D eigenvalue weighted by atomic mass is 16.6. The van der Waals surface area contributed by atoms with E-state index in [2.05, 4.69) is 0 Å². The lowest BCUT2D eigenvalue weighted by Crippen LogP contribution is -2.38. The highest BCUT2D eigenvalue weighted by Gasteiger charge is 2.34. The topological polar surface area (TPSA) is 142 Å². The van der Waals surface area contributed by atoms with Gasteiger partial charge in [-0.05, 0) is 71.6 Å². The molecule has 3 atom stereocenters. The molecular weight excluding hydrogens is 478 g/mol. The van der Waals surface area contributed by atoms with E-state index < -0.39 is 52.8 Å². The lowest BCUT2D eigenvalue weighted by molar-refractivity contribution is -0.152. The van der Waals surface area contributed by atoms with E-state index in [1.165, 1.54) is 12.1 Å². The first kappa shape index (κ1) is 32.1. The van der Waals surface area contributed by atoms with Crippen molar-refractivity contribution in [3.63, 3.8) is 0 Å². The molecule has 0 heterocycles. The molecule has 0 saturated carbocycles. The first-order valence-corrected chi connectivity index (χ1v) is 12.7. The summed E-state index contributed by atoms with van der Waals surface area (Å²) in [6.07, 6.45) is 0.527. The second-order valence-corrected chi connectivity index (χ2v) is 11.1. The molecule has 0 aliphatic carbocycles. The van der Waals surface area contributed by atoms with Crippen LogP contribution in [0.4, 0.5) is 0 Å². The Hall–Kier alpha value is -2.94. The molecule has 37 heavy (non-hydrogen) atoms. The maximum absolute atomic E-state index is 12.9. The van der Waals surface area contributed by atoms with E-state index in [1.807, 2.05) is 13.8 Å². The minimum Gasteiger partial charge on any atom is -0.480 e. The quantitative estimate of drug-likeness (QED) is 0.275. The van der Waals surface area contributed by atoms with Crippen molar-refractivity contribution < 1.29 is 38.5 Å². The van der Waals surface area contributed by atoms with Crippen LogP contribution in [0.15, 0.2) is 18.2 Å². The van der Waals surface area contributed by atoms with Crippen LogP contribution in [0.1, 0.15) is 93.1 Å². The fourth-order valence-corrected chi connectivity index (χ4v) is 3.09. The number of benzene rings is 1. The van der Waals surface area contributed by atoms with Gasteiger partial charge in [0.25, 0.3) is 0 Å². The van der Waals surface area contributed by atoms with Gasteiger partial charge in [-0.1, -0.05) is 33.8 Å². The molecule has 0 amide bonds.